The molecule has 2 rings (SSSR count). The lowest BCUT2D eigenvalue weighted by atomic mass is 9.82. The Kier molecular flexibility index (Phi) is 5.04. The number of hydrogen-bond acceptors (Lipinski definition) is 2. The maximum Gasteiger partial charge on any atom is 0.236 e. The van der Waals surface area contributed by atoms with Gasteiger partial charge in [0.1, 0.15) is 0 Å². The van der Waals surface area contributed by atoms with E-state index in [2.05, 4.69) is 17.6 Å². The van der Waals surface area contributed by atoms with Crippen LogP contribution in [0.5, 0.6) is 0 Å². The molecule has 3 heteroatoms. The van der Waals surface area contributed by atoms with Crippen LogP contribution in [0.4, 0.5) is 0 Å². The molecule has 3 unspecified atom stereocenters. The van der Waals surface area contributed by atoms with Crippen molar-refractivity contribution >= 4 is 5.91 Å². The van der Waals surface area contributed by atoms with Gasteiger partial charge in [0.05, 0.1) is 6.04 Å². The first kappa shape index (κ1) is 13.9. The van der Waals surface area contributed by atoms with Crippen LogP contribution in [0.15, 0.2) is 0 Å². The second-order valence-electron chi connectivity index (χ2n) is 6.14. The van der Waals surface area contributed by atoms with Gasteiger partial charge in [0.2, 0.25) is 5.91 Å². The molecule has 0 saturated heterocycles. The van der Waals surface area contributed by atoms with Gasteiger partial charge in [-0.05, 0) is 50.9 Å². The van der Waals surface area contributed by atoms with Crippen LogP contribution in [0.3, 0.4) is 0 Å². The zero-order valence-corrected chi connectivity index (χ0v) is 11.9. The van der Waals surface area contributed by atoms with E-state index in [0.29, 0.717) is 6.04 Å². The Morgan fingerprint density at radius 1 is 1.22 bits per heavy atom. The van der Waals surface area contributed by atoms with Crippen molar-refractivity contribution in [3.63, 3.8) is 0 Å². The smallest absolute Gasteiger partial charge is 0.236 e. The van der Waals surface area contributed by atoms with Gasteiger partial charge in [-0.25, -0.2) is 0 Å². The standard InChI is InChI=1S/C15H28N2O/c1-3-9-16-15(18)11(2)17-14-6-4-5-13(10-14)12-7-8-12/h11-14,17H,3-10H2,1-2H3,(H,16,18). The molecule has 0 aliphatic heterocycles. The van der Waals surface area contributed by atoms with E-state index >= 15 is 0 Å². The summed E-state index contributed by atoms with van der Waals surface area (Å²) in [5.41, 5.74) is 0. The van der Waals surface area contributed by atoms with Crippen LogP contribution in [-0.2, 0) is 4.79 Å². The maximum atomic E-state index is 11.8. The van der Waals surface area contributed by atoms with Crippen LogP contribution < -0.4 is 10.6 Å². The van der Waals surface area contributed by atoms with Gasteiger partial charge in [0, 0.05) is 12.6 Å². The Labute approximate surface area is 111 Å². The lowest BCUT2D eigenvalue weighted by Gasteiger charge is -2.31. The molecular formula is C15H28N2O. The number of hydrogen-bond donors (Lipinski definition) is 2. The van der Waals surface area contributed by atoms with Gasteiger partial charge < -0.3 is 10.6 Å². The van der Waals surface area contributed by atoms with Crippen molar-refractivity contribution in [1.29, 1.82) is 0 Å². The third kappa shape index (κ3) is 3.98. The highest BCUT2D eigenvalue weighted by atomic mass is 16.2. The van der Waals surface area contributed by atoms with E-state index in [0.717, 1.165) is 24.8 Å². The van der Waals surface area contributed by atoms with Gasteiger partial charge in [-0.15, -0.1) is 0 Å². The van der Waals surface area contributed by atoms with Crippen molar-refractivity contribution in [2.24, 2.45) is 11.8 Å². The molecule has 2 fully saturated rings. The van der Waals surface area contributed by atoms with Crippen LogP contribution in [0.2, 0.25) is 0 Å². The minimum atomic E-state index is -0.0421. The average molecular weight is 252 g/mol. The van der Waals surface area contributed by atoms with Crippen LogP contribution in [0.1, 0.15) is 58.8 Å². The summed E-state index contributed by atoms with van der Waals surface area (Å²) >= 11 is 0. The molecular weight excluding hydrogens is 224 g/mol. The molecule has 0 aromatic rings. The van der Waals surface area contributed by atoms with Crippen LogP contribution in [0, 0.1) is 11.8 Å². The highest BCUT2D eigenvalue weighted by Crippen LogP contribution is 2.43. The molecule has 0 aromatic carbocycles. The number of amides is 1. The molecule has 0 aromatic heterocycles. The summed E-state index contributed by atoms with van der Waals surface area (Å²) in [5, 5.41) is 6.49. The van der Waals surface area contributed by atoms with Crippen LogP contribution in [0.25, 0.3) is 0 Å². The van der Waals surface area contributed by atoms with E-state index < -0.39 is 0 Å². The molecule has 1 amide bonds. The quantitative estimate of drug-likeness (QED) is 0.762. The summed E-state index contributed by atoms with van der Waals surface area (Å²) in [6, 6.07) is 0.520. The van der Waals surface area contributed by atoms with Crippen LogP contribution in [-0.4, -0.2) is 24.5 Å². The summed E-state index contributed by atoms with van der Waals surface area (Å²) in [5.74, 6) is 2.10. The first-order valence-corrected chi connectivity index (χ1v) is 7.74. The molecule has 2 N–H and O–H groups in total. The summed E-state index contributed by atoms with van der Waals surface area (Å²) in [4.78, 5) is 11.8. The largest absolute Gasteiger partial charge is 0.355 e. The lowest BCUT2D eigenvalue weighted by Crippen LogP contribution is -2.48. The zero-order valence-electron chi connectivity index (χ0n) is 11.9. The van der Waals surface area contributed by atoms with Crippen molar-refractivity contribution in [3.8, 4) is 0 Å². The van der Waals surface area contributed by atoms with Gasteiger partial charge in [0.25, 0.3) is 0 Å². The van der Waals surface area contributed by atoms with Gasteiger partial charge in [0.15, 0.2) is 0 Å². The predicted molar refractivity (Wildman–Crippen MR) is 74.4 cm³/mol. The highest BCUT2D eigenvalue weighted by molar-refractivity contribution is 5.81. The topological polar surface area (TPSA) is 41.1 Å². The van der Waals surface area contributed by atoms with Gasteiger partial charge in [-0.2, -0.15) is 0 Å². The Balaban J connectivity index is 1.72. The minimum absolute atomic E-state index is 0.0421. The summed E-state index contributed by atoms with van der Waals surface area (Å²) < 4.78 is 0. The molecule has 0 bridgehead atoms. The molecule has 3 atom stereocenters. The summed E-state index contributed by atoms with van der Waals surface area (Å²) in [6.45, 7) is 4.87. The van der Waals surface area contributed by atoms with Crippen molar-refractivity contribution in [2.45, 2.75) is 70.9 Å². The SMILES string of the molecule is CCCNC(=O)C(C)NC1CCCC(C2CC2)C1. The first-order valence-electron chi connectivity index (χ1n) is 7.74. The van der Waals surface area contributed by atoms with Crippen molar-refractivity contribution in [1.82, 2.24) is 10.6 Å². The Hall–Kier alpha value is -0.570. The van der Waals surface area contributed by atoms with Gasteiger partial charge >= 0.3 is 0 Å². The molecule has 104 valence electrons. The molecule has 18 heavy (non-hydrogen) atoms. The zero-order chi connectivity index (χ0) is 13.0. The molecule has 0 radical (unpaired) electrons. The Morgan fingerprint density at radius 2 is 2.00 bits per heavy atom. The molecule has 2 aliphatic carbocycles. The molecule has 2 aliphatic rings. The van der Waals surface area contributed by atoms with E-state index in [-0.39, 0.29) is 11.9 Å². The molecule has 3 nitrogen and oxygen atoms in total. The lowest BCUT2D eigenvalue weighted by molar-refractivity contribution is -0.123. The number of carbonyl (C=O) groups excluding carboxylic acids is 1. The fourth-order valence-electron chi connectivity index (χ4n) is 3.21. The fraction of sp³-hybridized carbons (Fsp3) is 0.933. The normalized spacial score (nSPS) is 29.9. The third-order valence-corrected chi connectivity index (χ3v) is 4.43. The second kappa shape index (κ2) is 6.55. The number of nitrogens with one attached hydrogen (secondary N) is 2. The van der Waals surface area contributed by atoms with Gasteiger partial charge in [-0.3, -0.25) is 4.79 Å². The maximum absolute atomic E-state index is 11.8. The van der Waals surface area contributed by atoms with E-state index in [1.165, 1.54) is 38.5 Å². The van der Waals surface area contributed by atoms with Crippen molar-refractivity contribution < 1.29 is 4.79 Å². The van der Waals surface area contributed by atoms with Gasteiger partial charge in [-0.1, -0.05) is 19.8 Å². The van der Waals surface area contributed by atoms with E-state index in [4.69, 9.17) is 0 Å². The van der Waals surface area contributed by atoms with Crippen LogP contribution >= 0.6 is 0 Å². The molecule has 0 heterocycles. The minimum Gasteiger partial charge on any atom is -0.355 e. The Bertz CT molecular complexity index is 276. The average Bonchev–Trinajstić information content (AvgIpc) is 3.20. The predicted octanol–water partition coefficient (Wildman–Crippen LogP) is 2.46. The third-order valence-electron chi connectivity index (χ3n) is 4.43. The fourth-order valence-corrected chi connectivity index (χ4v) is 3.21. The van der Waals surface area contributed by atoms with E-state index in [1.807, 2.05) is 6.92 Å². The first-order chi connectivity index (χ1) is 8.70. The monoisotopic (exact) mass is 252 g/mol. The number of rotatable bonds is 6. The Morgan fingerprint density at radius 3 is 2.67 bits per heavy atom. The van der Waals surface area contributed by atoms with Crippen molar-refractivity contribution in [3.05, 3.63) is 0 Å². The van der Waals surface area contributed by atoms with E-state index in [1.54, 1.807) is 0 Å². The summed E-state index contributed by atoms with van der Waals surface area (Å²) in [6.07, 6.45) is 9.19. The summed E-state index contributed by atoms with van der Waals surface area (Å²) in [7, 11) is 0. The molecule has 2 saturated carbocycles. The second-order valence-corrected chi connectivity index (χ2v) is 6.14. The highest BCUT2D eigenvalue weighted by Gasteiger charge is 2.35. The number of carbonyl (C=O) groups is 1. The van der Waals surface area contributed by atoms with Crippen molar-refractivity contribution in [2.75, 3.05) is 6.54 Å². The molecule has 0 spiro atoms. The van der Waals surface area contributed by atoms with E-state index in [9.17, 15) is 4.79 Å².